The molecule has 0 aromatic carbocycles. The second-order valence-corrected chi connectivity index (χ2v) is 10.3. The Balaban J connectivity index is 3.52. The Kier molecular flexibility index (Phi) is 4.67. The van der Waals surface area contributed by atoms with E-state index in [1.54, 1.807) is 0 Å². The van der Waals surface area contributed by atoms with Gasteiger partial charge in [0.15, 0.2) is 23.0 Å². The van der Waals surface area contributed by atoms with Crippen LogP contribution in [0.15, 0.2) is 0 Å². The summed E-state index contributed by atoms with van der Waals surface area (Å²) in [5.41, 5.74) is 0. The van der Waals surface area contributed by atoms with Crippen molar-refractivity contribution >= 4 is 23.0 Å². The summed E-state index contributed by atoms with van der Waals surface area (Å²) in [5, 5.41) is 0. The van der Waals surface area contributed by atoms with E-state index in [4.69, 9.17) is 0 Å². The average Bonchev–Trinajstić information content (AvgIpc) is 2.15. The number of nitrogens with zero attached hydrogens (tertiary/aromatic N) is 3. The molecule has 0 N–H and O–H groups in total. The van der Waals surface area contributed by atoms with Crippen molar-refractivity contribution in [3.63, 3.8) is 0 Å². The van der Waals surface area contributed by atoms with Crippen LogP contribution in [0.5, 0.6) is 0 Å². The smallest absolute Gasteiger partial charge is 0.160 e. The van der Waals surface area contributed by atoms with E-state index in [-0.39, 0.29) is 33.0 Å². The minimum atomic E-state index is -4.88. The molecule has 0 saturated carbocycles. The van der Waals surface area contributed by atoms with Gasteiger partial charge in [-0.2, -0.15) is 13.3 Å². The van der Waals surface area contributed by atoms with E-state index in [9.17, 15) is 28.4 Å². The largest absolute Gasteiger partial charge is 0.775 e. The van der Waals surface area contributed by atoms with Crippen molar-refractivity contribution in [3.8, 4) is 0 Å². The van der Waals surface area contributed by atoms with Crippen LogP contribution in [0.3, 0.4) is 0 Å². The summed E-state index contributed by atoms with van der Waals surface area (Å²) >= 11 is 0. The third-order valence-corrected chi connectivity index (χ3v) is 11.9. The van der Waals surface area contributed by atoms with Crippen molar-refractivity contribution in [2.24, 2.45) is 0 Å². The molecule has 1 aliphatic heterocycles. The van der Waals surface area contributed by atoms with Gasteiger partial charge in [-0.15, -0.1) is 0 Å². The van der Waals surface area contributed by atoms with Gasteiger partial charge in [0.05, 0.1) is 0 Å². The predicted molar refractivity (Wildman–Crippen MR) is 60.0 cm³/mol. The lowest BCUT2D eigenvalue weighted by molar-refractivity contribution is -0.232. The summed E-state index contributed by atoms with van der Waals surface area (Å²) in [5.74, 6) is 0. The van der Waals surface area contributed by atoms with Gasteiger partial charge in [0.1, 0.15) is 0 Å². The van der Waals surface area contributed by atoms with Crippen molar-refractivity contribution in [1.29, 1.82) is 0 Å². The molecule has 0 amide bonds. The van der Waals surface area contributed by atoms with Crippen LogP contribution in [-0.2, 0) is 13.7 Å². The standard InChI is InChI=1S/C6H18N3O6P3/c1-4-7-16(10,11)8(5-2)18(14,15)9(6-3)17(7,12)13/h4-6H2,1-3H3,(H,10,11)(H,12,13)(H,14,15)/p-3. The molecule has 0 unspecified atom stereocenters. The SMILES string of the molecule is CCN1P(=O)([O-])N(CC)P(=O)([O-])N(CC)P1(=O)[O-]. The molecule has 0 aromatic rings. The molecular formula is C6H15N3O6P3-3. The Bertz CT molecular complexity index is 379. The molecule has 0 atom stereocenters. The summed E-state index contributed by atoms with van der Waals surface area (Å²) in [7, 11) is -14.6. The van der Waals surface area contributed by atoms with Crippen LogP contribution < -0.4 is 14.7 Å². The highest BCUT2D eigenvalue weighted by Crippen LogP contribution is 2.78. The van der Waals surface area contributed by atoms with Gasteiger partial charge in [0.2, 0.25) is 0 Å². The Morgan fingerprint density at radius 2 is 0.833 bits per heavy atom. The van der Waals surface area contributed by atoms with Crippen LogP contribution >= 0.6 is 23.0 Å². The first-order valence-corrected chi connectivity index (χ1v) is 9.96. The molecule has 1 rings (SSSR count). The Morgan fingerprint density at radius 1 is 0.667 bits per heavy atom. The second-order valence-electron chi connectivity index (χ2n) is 3.54. The first-order valence-electron chi connectivity index (χ1n) is 5.37. The maximum absolute atomic E-state index is 12.0. The summed E-state index contributed by atoms with van der Waals surface area (Å²) < 4.78 is 36.6. The summed E-state index contributed by atoms with van der Waals surface area (Å²) in [6.45, 7) is 2.98. The highest BCUT2D eigenvalue weighted by molar-refractivity contribution is 7.82. The van der Waals surface area contributed by atoms with Crippen molar-refractivity contribution in [2.45, 2.75) is 20.8 Å². The van der Waals surface area contributed by atoms with Gasteiger partial charge >= 0.3 is 0 Å². The lowest BCUT2D eigenvalue weighted by Crippen LogP contribution is -2.50. The fourth-order valence-electron chi connectivity index (χ4n) is 1.86. The van der Waals surface area contributed by atoms with Gasteiger partial charge in [-0.3, -0.25) is 0 Å². The molecular weight excluding hydrogens is 303 g/mol. The molecule has 0 spiro atoms. The second kappa shape index (κ2) is 5.09. The maximum atomic E-state index is 12.0. The summed E-state index contributed by atoms with van der Waals surface area (Å²) in [6.07, 6.45) is 0. The van der Waals surface area contributed by atoms with E-state index in [0.717, 1.165) is 0 Å². The van der Waals surface area contributed by atoms with Gasteiger partial charge in [-0.05, 0) is 0 Å². The zero-order valence-corrected chi connectivity index (χ0v) is 12.9. The number of hydrogen-bond donors (Lipinski definition) is 0. The Morgan fingerprint density at radius 3 is 0.944 bits per heavy atom. The molecule has 18 heavy (non-hydrogen) atoms. The molecule has 9 nitrogen and oxygen atoms in total. The van der Waals surface area contributed by atoms with Gasteiger partial charge in [0, 0.05) is 19.6 Å². The minimum absolute atomic E-state index is 0.237. The quantitative estimate of drug-likeness (QED) is 0.624. The molecule has 1 aliphatic rings. The maximum Gasteiger partial charge on any atom is 0.160 e. The fourth-order valence-corrected chi connectivity index (χ4v) is 10.5. The molecule has 12 heteroatoms. The average molecular weight is 318 g/mol. The van der Waals surface area contributed by atoms with Gasteiger partial charge in [-0.25, -0.2) is 0 Å². The van der Waals surface area contributed by atoms with Crippen molar-refractivity contribution < 1.29 is 28.4 Å². The molecule has 1 saturated heterocycles. The molecule has 0 radical (unpaired) electrons. The zero-order chi connectivity index (χ0) is 14.4. The lowest BCUT2D eigenvalue weighted by Gasteiger charge is -2.62. The highest BCUT2D eigenvalue weighted by atomic mass is 31.3. The van der Waals surface area contributed by atoms with E-state index in [2.05, 4.69) is 0 Å². The van der Waals surface area contributed by atoms with Crippen LogP contribution in [0.25, 0.3) is 0 Å². The van der Waals surface area contributed by atoms with E-state index in [1.807, 2.05) is 0 Å². The first-order chi connectivity index (χ1) is 8.08. The highest BCUT2D eigenvalue weighted by Gasteiger charge is 2.48. The van der Waals surface area contributed by atoms with Crippen molar-refractivity contribution in [2.75, 3.05) is 19.6 Å². The summed E-state index contributed by atoms with van der Waals surface area (Å²) in [6, 6.07) is 0. The molecule has 1 heterocycles. The number of rotatable bonds is 3. The van der Waals surface area contributed by atoms with E-state index in [0.29, 0.717) is 0 Å². The minimum Gasteiger partial charge on any atom is -0.775 e. The normalized spacial score (nSPS) is 44.3. The van der Waals surface area contributed by atoms with E-state index >= 15 is 0 Å². The van der Waals surface area contributed by atoms with Crippen LogP contribution in [0.2, 0.25) is 0 Å². The predicted octanol–water partition coefficient (Wildman–Crippen LogP) is -0.629. The Labute approximate surface area is 106 Å². The van der Waals surface area contributed by atoms with E-state index < -0.39 is 23.0 Å². The van der Waals surface area contributed by atoms with Crippen LogP contribution in [0.1, 0.15) is 20.8 Å². The number of hydrogen-bond acceptors (Lipinski definition) is 6. The van der Waals surface area contributed by atoms with Gasteiger partial charge in [0.25, 0.3) is 0 Å². The molecule has 0 aliphatic carbocycles. The fraction of sp³-hybridized carbons (Fsp3) is 1.00. The van der Waals surface area contributed by atoms with Crippen molar-refractivity contribution in [3.05, 3.63) is 0 Å². The lowest BCUT2D eigenvalue weighted by atomic mass is 10.8. The third-order valence-electron chi connectivity index (χ3n) is 2.60. The summed E-state index contributed by atoms with van der Waals surface area (Å²) in [4.78, 5) is 35.9. The zero-order valence-electron chi connectivity index (χ0n) is 10.3. The molecule has 1 fully saturated rings. The third kappa shape index (κ3) is 2.18. The topological polar surface area (TPSA) is 130 Å². The Hall–Kier alpha value is 0.450. The monoisotopic (exact) mass is 318 g/mol. The molecule has 108 valence electrons. The molecule has 0 aromatic heterocycles. The van der Waals surface area contributed by atoms with Crippen LogP contribution in [-0.4, -0.2) is 33.0 Å². The molecule has 0 bridgehead atoms. The first kappa shape index (κ1) is 16.5. The van der Waals surface area contributed by atoms with Crippen LogP contribution in [0.4, 0.5) is 0 Å². The van der Waals surface area contributed by atoms with Crippen LogP contribution in [0, 0.1) is 0 Å². The van der Waals surface area contributed by atoms with Gasteiger partial charge in [-0.1, -0.05) is 20.8 Å². The van der Waals surface area contributed by atoms with E-state index in [1.165, 1.54) is 20.8 Å². The van der Waals surface area contributed by atoms with Gasteiger partial charge < -0.3 is 28.4 Å². The van der Waals surface area contributed by atoms with Crippen molar-refractivity contribution in [1.82, 2.24) is 13.3 Å².